The van der Waals surface area contributed by atoms with E-state index < -0.39 is 28.7 Å². The molecular weight excluding hydrogens is 347 g/mol. The molecule has 0 fully saturated rings. The number of benzene rings is 2. The number of nitro benzene ring substituents is 1. The SMILES string of the molecule is COc1cc([N+](=O)[O-])ccc1NC(=O)[C@H](C)OC(=O)c1ccc(F)cc1. The van der Waals surface area contributed by atoms with Gasteiger partial charge in [-0.3, -0.25) is 14.9 Å². The number of methoxy groups -OCH3 is 1. The molecule has 0 saturated heterocycles. The Labute approximate surface area is 147 Å². The van der Waals surface area contributed by atoms with Crippen molar-refractivity contribution in [1.29, 1.82) is 0 Å². The molecule has 0 spiro atoms. The molecule has 136 valence electrons. The van der Waals surface area contributed by atoms with E-state index in [1.807, 2.05) is 0 Å². The van der Waals surface area contributed by atoms with E-state index in [2.05, 4.69) is 5.32 Å². The van der Waals surface area contributed by atoms with E-state index in [-0.39, 0.29) is 22.7 Å². The van der Waals surface area contributed by atoms with E-state index in [4.69, 9.17) is 9.47 Å². The molecule has 0 radical (unpaired) electrons. The van der Waals surface area contributed by atoms with E-state index in [1.54, 1.807) is 0 Å². The molecule has 1 N–H and O–H groups in total. The highest BCUT2D eigenvalue weighted by molar-refractivity contribution is 5.98. The van der Waals surface area contributed by atoms with Crippen LogP contribution >= 0.6 is 0 Å². The number of hydrogen-bond acceptors (Lipinski definition) is 6. The van der Waals surface area contributed by atoms with E-state index >= 15 is 0 Å². The first-order valence-electron chi connectivity index (χ1n) is 7.41. The maximum Gasteiger partial charge on any atom is 0.338 e. The molecule has 0 aromatic heterocycles. The third-order valence-corrected chi connectivity index (χ3v) is 3.39. The van der Waals surface area contributed by atoms with Crippen molar-refractivity contribution in [2.45, 2.75) is 13.0 Å². The molecule has 0 aliphatic carbocycles. The average molecular weight is 362 g/mol. The van der Waals surface area contributed by atoms with Gasteiger partial charge in [0.1, 0.15) is 11.6 Å². The molecule has 0 heterocycles. The lowest BCUT2D eigenvalue weighted by atomic mass is 10.2. The van der Waals surface area contributed by atoms with Gasteiger partial charge in [-0.2, -0.15) is 0 Å². The minimum Gasteiger partial charge on any atom is -0.494 e. The molecule has 0 aliphatic heterocycles. The lowest BCUT2D eigenvalue weighted by Gasteiger charge is -2.15. The number of halogens is 1. The Bertz CT molecular complexity index is 838. The minimum atomic E-state index is -1.16. The lowest BCUT2D eigenvalue weighted by Crippen LogP contribution is -2.30. The molecule has 2 aromatic rings. The molecule has 0 aliphatic rings. The lowest BCUT2D eigenvalue weighted by molar-refractivity contribution is -0.384. The molecule has 0 unspecified atom stereocenters. The van der Waals surface area contributed by atoms with Crippen molar-refractivity contribution >= 4 is 23.3 Å². The van der Waals surface area contributed by atoms with Gasteiger partial charge in [0, 0.05) is 6.07 Å². The fourth-order valence-electron chi connectivity index (χ4n) is 2.00. The van der Waals surface area contributed by atoms with Crippen molar-refractivity contribution in [2.24, 2.45) is 0 Å². The predicted octanol–water partition coefficient (Wildman–Crippen LogP) is 2.93. The summed E-state index contributed by atoms with van der Waals surface area (Å²) in [7, 11) is 1.30. The smallest absolute Gasteiger partial charge is 0.338 e. The van der Waals surface area contributed by atoms with Crippen molar-refractivity contribution in [3.05, 3.63) is 64.0 Å². The van der Waals surface area contributed by atoms with Crippen LogP contribution in [0.15, 0.2) is 42.5 Å². The van der Waals surface area contributed by atoms with Crippen LogP contribution in [-0.2, 0) is 9.53 Å². The molecule has 2 rings (SSSR count). The Morgan fingerprint density at radius 3 is 2.42 bits per heavy atom. The van der Waals surface area contributed by atoms with Crippen LogP contribution in [0.2, 0.25) is 0 Å². The van der Waals surface area contributed by atoms with E-state index in [9.17, 15) is 24.1 Å². The van der Waals surface area contributed by atoms with Gasteiger partial charge in [0.2, 0.25) is 0 Å². The Morgan fingerprint density at radius 1 is 1.19 bits per heavy atom. The summed E-state index contributed by atoms with van der Waals surface area (Å²) in [6.07, 6.45) is -1.16. The molecule has 26 heavy (non-hydrogen) atoms. The standard InChI is InChI=1S/C17H15FN2O6/c1-10(26-17(22)11-3-5-12(18)6-4-11)16(21)19-14-8-7-13(20(23)24)9-15(14)25-2/h3-10H,1-2H3,(H,19,21)/t10-/m0/s1. The fourth-order valence-corrected chi connectivity index (χ4v) is 2.00. The summed E-state index contributed by atoms with van der Waals surface area (Å²) in [6.45, 7) is 1.36. The van der Waals surface area contributed by atoms with E-state index in [1.165, 1.54) is 38.3 Å². The normalized spacial score (nSPS) is 11.3. The molecule has 2 aromatic carbocycles. The molecule has 0 saturated carbocycles. The number of nitro groups is 1. The van der Waals surface area contributed by atoms with E-state index in [0.29, 0.717) is 0 Å². The number of ether oxygens (including phenoxy) is 2. The maximum absolute atomic E-state index is 12.9. The molecule has 9 heteroatoms. The maximum atomic E-state index is 12.9. The van der Waals surface area contributed by atoms with Gasteiger partial charge >= 0.3 is 5.97 Å². The first-order valence-corrected chi connectivity index (χ1v) is 7.41. The Balaban J connectivity index is 2.05. The number of anilines is 1. The number of non-ortho nitro benzene ring substituents is 1. The number of hydrogen-bond donors (Lipinski definition) is 1. The number of carbonyl (C=O) groups is 2. The fraction of sp³-hybridized carbons (Fsp3) is 0.176. The Morgan fingerprint density at radius 2 is 1.85 bits per heavy atom. The highest BCUT2D eigenvalue weighted by Gasteiger charge is 2.21. The number of rotatable bonds is 6. The van der Waals surface area contributed by atoms with E-state index in [0.717, 1.165) is 18.2 Å². The second-order valence-corrected chi connectivity index (χ2v) is 5.19. The summed E-state index contributed by atoms with van der Waals surface area (Å²) >= 11 is 0. The largest absolute Gasteiger partial charge is 0.494 e. The summed E-state index contributed by atoms with van der Waals surface area (Å²) in [5.74, 6) is -1.86. The first-order chi connectivity index (χ1) is 12.3. The third-order valence-electron chi connectivity index (χ3n) is 3.39. The van der Waals surface area contributed by atoms with Crippen molar-refractivity contribution in [3.63, 3.8) is 0 Å². The third kappa shape index (κ3) is 4.53. The minimum absolute atomic E-state index is 0.0876. The van der Waals surface area contributed by atoms with Gasteiger partial charge in [-0.1, -0.05) is 0 Å². The number of nitrogens with one attached hydrogen (secondary N) is 1. The van der Waals surface area contributed by atoms with Gasteiger partial charge in [-0.05, 0) is 37.3 Å². The number of carbonyl (C=O) groups excluding carboxylic acids is 2. The van der Waals surface area contributed by atoms with Gasteiger partial charge < -0.3 is 14.8 Å². The summed E-state index contributed by atoms with van der Waals surface area (Å²) in [5.41, 5.74) is 0.0855. The van der Waals surface area contributed by atoms with Crippen LogP contribution in [0.4, 0.5) is 15.8 Å². The highest BCUT2D eigenvalue weighted by atomic mass is 19.1. The Hall–Kier alpha value is -3.49. The van der Waals surface area contributed by atoms with Crippen LogP contribution in [0, 0.1) is 15.9 Å². The van der Waals surface area contributed by atoms with Crippen LogP contribution in [0.1, 0.15) is 17.3 Å². The van der Waals surface area contributed by atoms with Gasteiger partial charge in [0.25, 0.3) is 11.6 Å². The summed E-state index contributed by atoms with van der Waals surface area (Å²) in [6, 6.07) is 8.34. The molecule has 0 bridgehead atoms. The molecule has 8 nitrogen and oxygen atoms in total. The number of esters is 1. The monoisotopic (exact) mass is 362 g/mol. The van der Waals surface area contributed by atoms with Crippen molar-refractivity contribution in [2.75, 3.05) is 12.4 Å². The van der Waals surface area contributed by atoms with Crippen LogP contribution < -0.4 is 10.1 Å². The number of nitrogens with zero attached hydrogens (tertiary/aromatic N) is 1. The molecule has 1 atom stereocenters. The van der Waals surface area contributed by atoms with Crippen molar-refractivity contribution in [3.8, 4) is 5.75 Å². The predicted molar refractivity (Wildman–Crippen MR) is 89.6 cm³/mol. The summed E-state index contributed by atoms with van der Waals surface area (Å²) in [4.78, 5) is 34.3. The van der Waals surface area contributed by atoms with Crippen LogP contribution in [0.3, 0.4) is 0 Å². The molecule has 1 amide bonds. The zero-order valence-corrected chi connectivity index (χ0v) is 13.9. The van der Waals surface area contributed by atoms with Crippen LogP contribution in [0.5, 0.6) is 5.75 Å². The van der Waals surface area contributed by atoms with Gasteiger partial charge in [0.15, 0.2) is 6.10 Å². The van der Waals surface area contributed by atoms with Gasteiger partial charge in [-0.25, -0.2) is 9.18 Å². The molecular formula is C17H15FN2O6. The first kappa shape index (κ1) is 18.8. The quantitative estimate of drug-likeness (QED) is 0.481. The zero-order valence-electron chi connectivity index (χ0n) is 13.9. The van der Waals surface area contributed by atoms with Gasteiger partial charge in [-0.15, -0.1) is 0 Å². The van der Waals surface area contributed by atoms with Crippen LogP contribution in [0.25, 0.3) is 0 Å². The average Bonchev–Trinajstić information content (AvgIpc) is 2.62. The van der Waals surface area contributed by atoms with Crippen molar-refractivity contribution in [1.82, 2.24) is 0 Å². The summed E-state index contributed by atoms with van der Waals surface area (Å²) < 4.78 is 22.9. The Kier molecular flexibility index (Phi) is 5.84. The summed E-state index contributed by atoms with van der Waals surface area (Å²) in [5, 5.41) is 13.2. The second kappa shape index (κ2) is 8.06. The second-order valence-electron chi connectivity index (χ2n) is 5.19. The zero-order chi connectivity index (χ0) is 19.3. The number of amides is 1. The van der Waals surface area contributed by atoms with Crippen molar-refractivity contribution < 1.29 is 28.4 Å². The topological polar surface area (TPSA) is 108 Å². The van der Waals surface area contributed by atoms with Gasteiger partial charge in [0.05, 0.1) is 29.4 Å². The van der Waals surface area contributed by atoms with Crippen LogP contribution in [-0.4, -0.2) is 30.0 Å². The highest BCUT2D eigenvalue weighted by Crippen LogP contribution is 2.29.